The van der Waals surface area contributed by atoms with Gasteiger partial charge in [0.15, 0.2) is 0 Å². The zero-order chi connectivity index (χ0) is 20.7. The standard InChI is InChI=1S/C20H20N2O7/c1-28-20(27)14-9-21(17-6-15(24)16(10-23)29-17)7-11(14)8-22-18(25)12-4-2-3-5-13(12)19(22)26/h2-5,7,9,15-17,23-24H,6,8,10H2,1H3/t15-,16+,17+/m0/s1. The number of hydrogen-bond acceptors (Lipinski definition) is 7. The average molecular weight is 400 g/mol. The SMILES string of the molecule is COC(=O)c1cn([C@H]2C[C@H](O)[C@@H](CO)O2)cc1CN1C(=O)c2ccccc2C1=O. The Balaban J connectivity index is 1.64. The number of benzene rings is 1. The summed E-state index contributed by atoms with van der Waals surface area (Å²) >= 11 is 0. The van der Waals surface area contributed by atoms with Crippen molar-refractivity contribution >= 4 is 17.8 Å². The number of methoxy groups -OCH3 is 1. The molecule has 0 bridgehead atoms. The highest BCUT2D eigenvalue weighted by Gasteiger charge is 2.38. The molecular weight excluding hydrogens is 380 g/mol. The van der Waals surface area contributed by atoms with Crippen molar-refractivity contribution in [2.45, 2.75) is 31.4 Å². The largest absolute Gasteiger partial charge is 0.465 e. The van der Waals surface area contributed by atoms with Gasteiger partial charge in [-0.3, -0.25) is 14.5 Å². The molecule has 1 saturated heterocycles. The number of carbonyl (C=O) groups excluding carboxylic acids is 3. The molecule has 0 radical (unpaired) electrons. The lowest BCUT2D eigenvalue weighted by atomic mass is 10.1. The number of aliphatic hydroxyl groups excluding tert-OH is 2. The Morgan fingerprint density at radius 3 is 2.41 bits per heavy atom. The van der Waals surface area contributed by atoms with Gasteiger partial charge in [-0.25, -0.2) is 4.79 Å². The van der Waals surface area contributed by atoms with E-state index in [4.69, 9.17) is 9.47 Å². The van der Waals surface area contributed by atoms with Crippen LogP contribution >= 0.6 is 0 Å². The molecular formula is C20H20N2O7. The zero-order valence-electron chi connectivity index (χ0n) is 15.6. The first kappa shape index (κ1) is 19.3. The number of aliphatic hydroxyl groups is 2. The van der Waals surface area contributed by atoms with Crippen molar-refractivity contribution < 1.29 is 34.1 Å². The van der Waals surface area contributed by atoms with Gasteiger partial charge in [0.1, 0.15) is 12.3 Å². The molecule has 2 amide bonds. The van der Waals surface area contributed by atoms with E-state index in [0.29, 0.717) is 16.7 Å². The number of aromatic nitrogens is 1. The number of esters is 1. The van der Waals surface area contributed by atoms with Crippen LogP contribution in [0.15, 0.2) is 36.7 Å². The Morgan fingerprint density at radius 1 is 1.21 bits per heavy atom. The first-order valence-corrected chi connectivity index (χ1v) is 9.12. The lowest BCUT2D eigenvalue weighted by molar-refractivity contribution is -0.0443. The van der Waals surface area contributed by atoms with E-state index < -0.39 is 36.2 Å². The monoisotopic (exact) mass is 400 g/mol. The second-order valence-corrected chi connectivity index (χ2v) is 6.99. The third-order valence-electron chi connectivity index (χ3n) is 5.26. The second-order valence-electron chi connectivity index (χ2n) is 6.99. The summed E-state index contributed by atoms with van der Waals surface area (Å²) in [6.45, 7) is -0.437. The van der Waals surface area contributed by atoms with Crippen LogP contribution in [0.3, 0.4) is 0 Å². The maximum atomic E-state index is 12.6. The molecule has 0 saturated carbocycles. The Labute approximate surface area is 166 Å². The maximum absolute atomic E-state index is 12.6. The fourth-order valence-electron chi connectivity index (χ4n) is 3.72. The molecule has 4 rings (SSSR count). The second kappa shape index (κ2) is 7.43. The molecule has 0 aliphatic carbocycles. The highest BCUT2D eigenvalue weighted by Crippen LogP contribution is 2.31. The van der Waals surface area contributed by atoms with E-state index >= 15 is 0 Å². The predicted octanol–water partition coefficient (Wildman–Crippen LogP) is 0.712. The van der Waals surface area contributed by atoms with Gasteiger partial charge in [-0.05, 0) is 12.1 Å². The first-order valence-electron chi connectivity index (χ1n) is 9.12. The molecule has 9 heteroatoms. The molecule has 1 aromatic carbocycles. The van der Waals surface area contributed by atoms with Gasteiger partial charge in [-0.15, -0.1) is 0 Å². The number of hydrogen-bond donors (Lipinski definition) is 2. The average Bonchev–Trinajstić information content (AvgIpc) is 3.39. The van der Waals surface area contributed by atoms with E-state index in [1.54, 1.807) is 35.0 Å². The molecule has 2 aromatic rings. The van der Waals surface area contributed by atoms with E-state index in [1.807, 2.05) is 0 Å². The van der Waals surface area contributed by atoms with Crippen LogP contribution in [0, 0.1) is 0 Å². The summed E-state index contributed by atoms with van der Waals surface area (Å²) in [5.74, 6) is -1.48. The molecule has 2 N–H and O–H groups in total. The molecule has 9 nitrogen and oxygen atoms in total. The van der Waals surface area contributed by atoms with Crippen LogP contribution in [-0.2, 0) is 16.0 Å². The molecule has 2 aliphatic rings. The predicted molar refractivity (Wildman–Crippen MR) is 98.0 cm³/mol. The Kier molecular flexibility index (Phi) is 4.95. The van der Waals surface area contributed by atoms with E-state index in [1.165, 1.54) is 13.3 Å². The van der Waals surface area contributed by atoms with Gasteiger partial charge < -0.3 is 24.3 Å². The number of fused-ring (bicyclic) bond motifs is 1. The van der Waals surface area contributed by atoms with Crippen molar-refractivity contribution in [3.8, 4) is 0 Å². The Hall–Kier alpha value is -3.01. The summed E-state index contributed by atoms with van der Waals surface area (Å²) in [6.07, 6.45) is 1.16. The molecule has 152 valence electrons. The molecule has 0 spiro atoms. The van der Waals surface area contributed by atoms with Gasteiger partial charge in [0.25, 0.3) is 11.8 Å². The van der Waals surface area contributed by atoms with Crippen LogP contribution in [0.25, 0.3) is 0 Å². The van der Waals surface area contributed by atoms with Crippen LogP contribution in [0.5, 0.6) is 0 Å². The molecule has 0 unspecified atom stereocenters. The summed E-state index contributed by atoms with van der Waals surface area (Å²) in [7, 11) is 1.24. The lowest BCUT2D eigenvalue weighted by Gasteiger charge is -2.14. The van der Waals surface area contributed by atoms with Gasteiger partial charge >= 0.3 is 5.97 Å². The molecule has 29 heavy (non-hydrogen) atoms. The quantitative estimate of drug-likeness (QED) is 0.561. The number of amides is 2. The molecule has 3 atom stereocenters. The minimum absolute atomic E-state index is 0.109. The van der Waals surface area contributed by atoms with Gasteiger partial charge in [0.05, 0.1) is 43.1 Å². The fourth-order valence-corrected chi connectivity index (χ4v) is 3.72. The number of nitrogens with zero attached hydrogens (tertiary/aromatic N) is 2. The van der Waals surface area contributed by atoms with E-state index in [2.05, 4.69) is 0 Å². The summed E-state index contributed by atoms with van der Waals surface area (Å²) in [4.78, 5) is 38.6. The van der Waals surface area contributed by atoms with Crippen LogP contribution < -0.4 is 0 Å². The number of carbonyl (C=O) groups is 3. The zero-order valence-corrected chi connectivity index (χ0v) is 15.6. The van der Waals surface area contributed by atoms with Gasteiger partial charge in [-0.2, -0.15) is 0 Å². The molecule has 1 fully saturated rings. The van der Waals surface area contributed by atoms with E-state index in [-0.39, 0.29) is 25.1 Å². The van der Waals surface area contributed by atoms with Gasteiger partial charge in [0, 0.05) is 24.4 Å². The van der Waals surface area contributed by atoms with E-state index in [0.717, 1.165) is 4.90 Å². The minimum atomic E-state index is -0.839. The third kappa shape index (κ3) is 3.23. The fraction of sp³-hybridized carbons (Fsp3) is 0.350. The van der Waals surface area contributed by atoms with Crippen molar-refractivity contribution in [1.82, 2.24) is 9.47 Å². The minimum Gasteiger partial charge on any atom is -0.465 e. The van der Waals surface area contributed by atoms with Crippen molar-refractivity contribution in [2.75, 3.05) is 13.7 Å². The number of imide groups is 1. The van der Waals surface area contributed by atoms with E-state index in [9.17, 15) is 24.6 Å². The summed E-state index contributed by atoms with van der Waals surface area (Å²) in [5, 5.41) is 19.2. The van der Waals surface area contributed by atoms with Crippen molar-refractivity contribution in [1.29, 1.82) is 0 Å². The van der Waals surface area contributed by atoms with Crippen LogP contribution in [0.2, 0.25) is 0 Å². The van der Waals surface area contributed by atoms with Crippen molar-refractivity contribution in [3.63, 3.8) is 0 Å². The normalized spacial score (nSPS) is 23.6. The molecule has 1 aromatic heterocycles. The van der Waals surface area contributed by atoms with Crippen molar-refractivity contribution in [3.05, 3.63) is 58.9 Å². The maximum Gasteiger partial charge on any atom is 0.339 e. The van der Waals surface area contributed by atoms with Gasteiger partial charge in [-0.1, -0.05) is 12.1 Å². The molecule has 3 heterocycles. The lowest BCUT2D eigenvalue weighted by Crippen LogP contribution is -2.29. The topological polar surface area (TPSA) is 118 Å². The first-order chi connectivity index (χ1) is 13.9. The van der Waals surface area contributed by atoms with Crippen molar-refractivity contribution in [2.24, 2.45) is 0 Å². The Bertz CT molecular complexity index is 948. The smallest absolute Gasteiger partial charge is 0.339 e. The van der Waals surface area contributed by atoms with Crippen LogP contribution in [0.4, 0.5) is 0 Å². The summed E-state index contributed by atoms with van der Waals surface area (Å²) in [6, 6.07) is 6.55. The van der Waals surface area contributed by atoms with Crippen LogP contribution in [-0.4, -0.2) is 63.4 Å². The summed E-state index contributed by atoms with van der Waals surface area (Å²) < 4.78 is 12.0. The highest BCUT2D eigenvalue weighted by atomic mass is 16.5. The number of ether oxygens (including phenoxy) is 2. The third-order valence-corrected chi connectivity index (χ3v) is 5.26. The Morgan fingerprint density at radius 2 is 1.86 bits per heavy atom. The summed E-state index contributed by atoms with van der Waals surface area (Å²) in [5.41, 5.74) is 1.25. The number of rotatable bonds is 5. The molecule has 2 aliphatic heterocycles. The highest BCUT2D eigenvalue weighted by molar-refractivity contribution is 6.21. The van der Waals surface area contributed by atoms with Crippen LogP contribution in [0.1, 0.15) is 49.3 Å². The van der Waals surface area contributed by atoms with Gasteiger partial charge in [0.2, 0.25) is 0 Å².